The summed E-state index contributed by atoms with van der Waals surface area (Å²) in [5, 5.41) is 0. The maximum Gasteiger partial charge on any atom is 0.254 e. The van der Waals surface area contributed by atoms with E-state index >= 15 is 0 Å². The van der Waals surface area contributed by atoms with Crippen molar-refractivity contribution in [2.24, 2.45) is 0 Å². The Bertz CT molecular complexity index is 1080. The van der Waals surface area contributed by atoms with E-state index in [0.717, 1.165) is 23.1 Å². The molecule has 2 heterocycles. The lowest BCUT2D eigenvalue weighted by Crippen LogP contribution is -2.50. The number of ether oxygens (including phenoxy) is 2. The van der Waals surface area contributed by atoms with E-state index in [1.807, 2.05) is 32.9 Å². The molecule has 0 N–H and O–H groups in total. The van der Waals surface area contributed by atoms with Crippen molar-refractivity contribution in [1.29, 1.82) is 0 Å². The molecule has 166 valence electrons. The highest BCUT2D eigenvalue weighted by Crippen LogP contribution is 2.31. The topological polar surface area (TPSA) is 76.2 Å². The predicted molar refractivity (Wildman–Crippen MR) is 117 cm³/mol. The number of benzene rings is 2. The van der Waals surface area contributed by atoms with E-state index in [1.165, 1.54) is 4.31 Å². The lowest BCUT2D eigenvalue weighted by Gasteiger charge is -2.34. The molecule has 0 atom stereocenters. The molecule has 2 aromatic rings. The molecule has 31 heavy (non-hydrogen) atoms. The highest BCUT2D eigenvalue weighted by atomic mass is 32.2. The molecule has 0 aromatic heterocycles. The number of sulfonamides is 1. The second-order valence-electron chi connectivity index (χ2n) is 8.14. The number of hydrogen-bond donors (Lipinski definition) is 0. The van der Waals surface area contributed by atoms with Crippen LogP contribution in [0.5, 0.6) is 11.5 Å². The highest BCUT2D eigenvalue weighted by Gasteiger charge is 2.32. The third kappa shape index (κ3) is 4.27. The van der Waals surface area contributed by atoms with Crippen molar-refractivity contribution in [3.63, 3.8) is 0 Å². The molecule has 0 aliphatic carbocycles. The summed E-state index contributed by atoms with van der Waals surface area (Å²) >= 11 is 0. The van der Waals surface area contributed by atoms with Crippen molar-refractivity contribution in [3.8, 4) is 11.5 Å². The molecule has 2 aliphatic heterocycles. The van der Waals surface area contributed by atoms with Crippen molar-refractivity contribution in [1.82, 2.24) is 9.21 Å². The molecule has 1 saturated heterocycles. The molecule has 0 saturated carbocycles. The number of rotatable bonds is 3. The van der Waals surface area contributed by atoms with Gasteiger partial charge in [-0.3, -0.25) is 4.79 Å². The monoisotopic (exact) mass is 444 g/mol. The number of piperazine rings is 1. The first-order valence-electron chi connectivity index (χ1n) is 10.5. The van der Waals surface area contributed by atoms with E-state index in [1.54, 1.807) is 23.1 Å². The van der Waals surface area contributed by atoms with Gasteiger partial charge in [-0.1, -0.05) is 17.7 Å². The van der Waals surface area contributed by atoms with Crippen LogP contribution in [0.4, 0.5) is 0 Å². The quantitative estimate of drug-likeness (QED) is 0.728. The van der Waals surface area contributed by atoms with Crippen LogP contribution in [0.25, 0.3) is 0 Å². The van der Waals surface area contributed by atoms with E-state index in [2.05, 4.69) is 0 Å². The van der Waals surface area contributed by atoms with Crippen LogP contribution in [0.1, 0.15) is 33.5 Å². The summed E-state index contributed by atoms with van der Waals surface area (Å²) in [6, 6.07) is 8.99. The Hall–Kier alpha value is -2.58. The van der Waals surface area contributed by atoms with Crippen molar-refractivity contribution >= 4 is 15.9 Å². The van der Waals surface area contributed by atoms with Gasteiger partial charge in [0.05, 0.1) is 18.1 Å². The summed E-state index contributed by atoms with van der Waals surface area (Å²) in [6.45, 7) is 7.99. The van der Waals surface area contributed by atoms with E-state index in [0.29, 0.717) is 48.3 Å². The lowest BCUT2D eigenvalue weighted by atomic mass is 10.1. The summed E-state index contributed by atoms with van der Waals surface area (Å²) in [6.07, 6.45) is 0.800. The smallest absolute Gasteiger partial charge is 0.254 e. The lowest BCUT2D eigenvalue weighted by molar-refractivity contribution is 0.0697. The molecule has 2 aromatic carbocycles. The number of amides is 1. The fourth-order valence-corrected chi connectivity index (χ4v) is 6.15. The first-order chi connectivity index (χ1) is 14.8. The van der Waals surface area contributed by atoms with Crippen molar-refractivity contribution < 1.29 is 22.7 Å². The van der Waals surface area contributed by atoms with Gasteiger partial charge in [0.2, 0.25) is 10.0 Å². The second-order valence-corrected chi connectivity index (χ2v) is 10.0. The Balaban J connectivity index is 1.47. The second kappa shape index (κ2) is 8.51. The zero-order valence-electron chi connectivity index (χ0n) is 18.2. The average molecular weight is 445 g/mol. The van der Waals surface area contributed by atoms with E-state index < -0.39 is 10.0 Å². The average Bonchev–Trinajstić information content (AvgIpc) is 2.97. The van der Waals surface area contributed by atoms with Crippen LogP contribution in [-0.2, 0) is 10.0 Å². The Morgan fingerprint density at radius 2 is 1.48 bits per heavy atom. The van der Waals surface area contributed by atoms with Gasteiger partial charge in [0.25, 0.3) is 5.91 Å². The normalized spacial score (nSPS) is 17.3. The van der Waals surface area contributed by atoms with Crippen LogP contribution in [0.3, 0.4) is 0 Å². The van der Waals surface area contributed by atoms with Crippen molar-refractivity contribution in [2.45, 2.75) is 32.1 Å². The number of nitrogens with zero attached hydrogens (tertiary/aromatic N) is 2. The van der Waals surface area contributed by atoms with E-state index in [-0.39, 0.29) is 19.0 Å². The molecular formula is C23H28N2O5S. The molecule has 0 unspecified atom stereocenters. The third-order valence-electron chi connectivity index (χ3n) is 5.72. The number of aryl methyl sites for hydroxylation is 3. The number of carbonyl (C=O) groups is 1. The molecule has 7 nitrogen and oxygen atoms in total. The van der Waals surface area contributed by atoms with Crippen LogP contribution in [0.2, 0.25) is 0 Å². The largest absolute Gasteiger partial charge is 0.490 e. The Morgan fingerprint density at radius 1 is 0.871 bits per heavy atom. The zero-order valence-corrected chi connectivity index (χ0v) is 19.0. The number of hydrogen-bond acceptors (Lipinski definition) is 5. The minimum absolute atomic E-state index is 0.129. The molecule has 1 amide bonds. The highest BCUT2D eigenvalue weighted by molar-refractivity contribution is 7.89. The van der Waals surface area contributed by atoms with Gasteiger partial charge in [-0.05, 0) is 50.1 Å². The fraction of sp³-hybridized carbons (Fsp3) is 0.435. The van der Waals surface area contributed by atoms with E-state index in [4.69, 9.17) is 9.47 Å². The first kappa shape index (κ1) is 21.6. The summed E-state index contributed by atoms with van der Waals surface area (Å²) in [5.74, 6) is 1.10. The summed E-state index contributed by atoms with van der Waals surface area (Å²) < 4.78 is 39.3. The molecular weight excluding hydrogens is 416 g/mol. The van der Waals surface area contributed by atoms with Crippen LogP contribution < -0.4 is 9.47 Å². The predicted octanol–water partition coefficient (Wildman–Crippen LogP) is 2.92. The first-order valence-corrected chi connectivity index (χ1v) is 12.0. The molecule has 0 radical (unpaired) electrons. The Kier molecular flexibility index (Phi) is 5.94. The maximum atomic E-state index is 13.3. The molecule has 1 fully saturated rings. The zero-order chi connectivity index (χ0) is 22.2. The molecule has 0 spiro atoms. The van der Waals surface area contributed by atoms with Gasteiger partial charge in [-0.2, -0.15) is 4.31 Å². The van der Waals surface area contributed by atoms with Gasteiger partial charge in [0, 0.05) is 38.2 Å². The SMILES string of the molecule is Cc1cc(C)c(S(=O)(=O)N2CCN(C(=O)c3ccc4c(c3)OCCCO4)CC2)c(C)c1. The van der Waals surface area contributed by atoms with Gasteiger partial charge in [-0.25, -0.2) is 8.42 Å². The third-order valence-corrected chi connectivity index (χ3v) is 7.93. The van der Waals surface area contributed by atoms with Crippen LogP contribution >= 0.6 is 0 Å². The van der Waals surface area contributed by atoms with Crippen molar-refractivity contribution in [2.75, 3.05) is 39.4 Å². The minimum Gasteiger partial charge on any atom is -0.490 e. The summed E-state index contributed by atoms with van der Waals surface area (Å²) in [4.78, 5) is 15.1. The van der Waals surface area contributed by atoms with Gasteiger partial charge in [-0.15, -0.1) is 0 Å². The standard InChI is InChI=1S/C23H28N2O5S/c1-16-13-17(2)22(18(3)14-16)31(27,28)25-9-7-24(8-10-25)23(26)19-5-6-20-21(15-19)30-12-4-11-29-20/h5-6,13-15H,4,7-12H2,1-3H3. The van der Waals surface area contributed by atoms with Gasteiger partial charge < -0.3 is 14.4 Å². The Morgan fingerprint density at radius 3 is 2.13 bits per heavy atom. The summed E-state index contributed by atoms with van der Waals surface area (Å²) in [7, 11) is -3.61. The van der Waals surface area contributed by atoms with Gasteiger partial charge >= 0.3 is 0 Å². The van der Waals surface area contributed by atoms with Gasteiger partial charge in [0.15, 0.2) is 11.5 Å². The number of fused-ring (bicyclic) bond motifs is 1. The molecule has 2 aliphatic rings. The maximum absolute atomic E-state index is 13.3. The fourth-order valence-electron chi connectivity index (χ4n) is 4.31. The van der Waals surface area contributed by atoms with Crippen molar-refractivity contribution in [3.05, 3.63) is 52.6 Å². The summed E-state index contributed by atoms with van der Waals surface area (Å²) in [5.41, 5.74) is 3.07. The molecule has 8 heteroatoms. The van der Waals surface area contributed by atoms with E-state index in [9.17, 15) is 13.2 Å². The molecule has 4 rings (SSSR count). The van der Waals surface area contributed by atoms with Gasteiger partial charge in [0.1, 0.15) is 0 Å². The number of carbonyl (C=O) groups excluding carboxylic acids is 1. The molecule has 0 bridgehead atoms. The van der Waals surface area contributed by atoms with Crippen LogP contribution in [0.15, 0.2) is 35.2 Å². The van der Waals surface area contributed by atoms with Crippen LogP contribution in [-0.4, -0.2) is 62.9 Å². The Labute approximate surface area is 183 Å². The van der Waals surface area contributed by atoms with Crippen LogP contribution in [0, 0.1) is 20.8 Å². The minimum atomic E-state index is -3.61.